The van der Waals surface area contributed by atoms with Gasteiger partial charge < -0.3 is 25.2 Å². The van der Waals surface area contributed by atoms with Gasteiger partial charge in [-0.25, -0.2) is 0 Å². The van der Waals surface area contributed by atoms with Gasteiger partial charge in [-0.1, -0.05) is 71.6 Å². The van der Waals surface area contributed by atoms with Gasteiger partial charge in [-0.15, -0.1) is 0 Å². The van der Waals surface area contributed by atoms with Crippen LogP contribution < -0.4 is 0 Å². The molecule has 0 bridgehead atoms. The first-order valence-corrected chi connectivity index (χ1v) is 10.2. The van der Waals surface area contributed by atoms with Crippen LogP contribution in [0.3, 0.4) is 0 Å². The highest BCUT2D eigenvalue weighted by Crippen LogP contribution is 2.32. The van der Waals surface area contributed by atoms with Crippen molar-refractivity contribution in [3.63, 3.8) is 0 Å². The average molecular weight is 375 g/mol. The molecule has 1 saturated heterocycles. The minimum Gasteiger partial charge on any atom is -0.388 e. The van der Waals surface area contributed by atoms with Crippen LogP contribution in [0.15, 0.2) is 0 Å². The van der Waals surface area contributed by atoms with Gasteiger partial charge in [0, 0.05) is 5.92 Å². The highest BCUT2D eigenvalue weighted by molar-refractivity contribution is 5.88. The molecule has 1 aliphatic heterocycles. The Labute approximate surface area is 157 Å². The molecular formula is C20H38O6. The second-order valence-corrected chi connectivity index (χ2v) is 7.83. The van der Waals surface area contributed by atoms with Crippen LogP contribution in [-0.2, 0) is 9.53 Å². The number of hydrogen-bond donors (Lipinski definition) is 4. The number of unbranched alkanes of at least 4 members (excludes halogenated alkanes) is 8. The van der Waals surface area contributed by atoms with Crippen molar-refractivity contribution >= 4 is 5.78 Å². The third-order valence-corrected chi connectivity index (χ3v) is 5.46. The molecule has 1 fully saturated rings. The fraction of sp³-hybridized carbons (Fsp3) is 0.950. The molecular weight excluding hydrogens is 336 g/mol. The Balaban J connectivity index is 2.33. The molecule has 0 spiro atoms. The Bertz CT molecular complexity index is 415. The fourth-order valence-corrected chi connectivity index (χ4v) is 3.57. The van der Waals surface area contributed by atoms with E-state index in [4.69, 9.17) is 4.74 Å². The van der Waals surface area contributed by atoms with Gasteiger partial charge in [-0.3, -0.25) is 4.79 Å². The first-order chi connectivity index (χ1) is 12.3. The number of carbonyl (C=O) groups is 1. The summed E-state index contributed by atoms with van der Waals surface area (Å²) in [4.78, 5) is 12.6. The van der Waals surface area contributed by atoms with Crippen molar-refractivity contribution in [2.75, 3.05) is 0 Å². The Kier molecular flexibility index (Phi) is 10.3. The fourth-order valence-electron chi connectivity index (χ4n) is 3.57. The monoisotopic (exact) mass is 374 g/mol. The Morgan fingerprint density at radius 1 is 0.962 bits per heavy atom. The zero-order chi connectivity index (χ0) is 19.7. The van der Waals surface area contributed by atoms with Crippen LogP contribution in [0.1, 0.15) is 85.0 Å². The van der Waals surface area contributed by atoms with Crippen LogP contribution in [0.2, 0.25) is 0 Å². The first-order valence-electron chi connectivity index (χ1n) is 10.2. The third-order valence-electron chi connectivity index (χ3n) is 5.46. The number of ketones is 1. The van der Waals surface area contributed by atoms with Gasteiger partial charge in [-0.05, 0) is 13.3 Å². The summed E-state index contributed by atoms with van der Waals surface area (Å²) in [6, 6.07) is 0. The van der Waals surface area contributed by atoms with Crippen molar-refractivity contribution < 1.29 is 30.0 Å². The molecule has 2 unspecified atom stereocenters. The van der Waals surface area contributed by atoms with Crippen LogP contribution in [0.25, 0.3) is 0 Å². The number of aliphatic hydroxyl groups is 4. The van der Waals surface area contributed by atoms with Crippen molar-refractivity contribution in [3.8, 4) is 0 Å². The lowest BCUT2D eigenvalue weighted by atomic mass is 9.84. The third kappa shape index (κ3) is 6.27. The average Bonchev–Trinajstić information content (AvgIpc) is 2.62. The minimum atomic E-state index is -2.46. The van der Waals surface area contributed by atoms with Crippen LogP contribution in [0, 0.1) is 5.92 Å². The number of ether oxygens (including phenoxy) is 1. The summed E-state index contributed by atoms with van der Waals surface area (Å²) in [5.41, 5.74) is 0. The maximum Gasteiger partial charge on any atom is 0.256 e. The molecule has 4 N–H and O–H groups in total. The van der Waals surface area contributed by atoms with E-state index in [1.807, 2.05) is 0 Å². The molecule has 6 heteroatoms. The van der Waals surface area contributed by atoms with Crippen LogP contribution in [-0.4, -0.2) is 56.4 Å². The molecule has 0 saturated carbocycles. The predicted octanol–water partition coefficient (Wildman–Crippen LogP) is 2.30. The van der Waals surface area contributed by atoms with E-state index in [1.54, 1.807) is 6.92 Å². The van der Waals surface area contributed by atoms with Gasteiger partial charge >= 0.3 is 0 Å². The van der Waals surface area contributed by atoms with Crippen LogP contribution in [0.4, 0.5) is 0 Å². The number of hydrogen-bond acceptors (Lipinski definition) is 6. The van der Waals surface area contributed by atoms with Crippen LogP contribution >= 0.6 is 0 Å². The normalized spacial score (nSPS) is 33.2. The number of rotatable bonds is 12. The molecule has 1 heterocycles. The summed E-state index contributed by atoms with van der Waals surface area (Å²) in [7, 11) is 0. The van der Waals surface area contributed by atoms with E-state index in [0.29, 0.717) is 6.42 Å². The van der Waals surface area contributed by atoms with Crippen LogP contribution in [0.5, 0.6) is 0 Å². The lowest BCUT2D eigenvalue weighted by Gasteiger charge is -2.44. The van der Waals surface area contributed by atoms with E-state index < -0.39 is 41.9 Å². The Hall–Kier alpha value is -0.530. The molecule has 0 aromatic rings. The van der Waals surface area contributed by atoms with Crippen molar-refractivity contribution in [2.45, 2.75) is 115 Å². The second-order valence-electron chi connectivity index (χ2n) is 7.83. The molecule has 0 aliphatic carbocycles. The van der Waals surface area contributed by atoms with Crippen molar-refractivity contribution in [3.05, 3.63) is 0 Å². The number of carbonyl (C=O) groups excluding carboxylic acids is 1. The van der Waals surface area contributed by atoms with E-state index in [-0.39, 0.29) is 0 Å². The SMILES string of the molecule is CCCCCCCCCCCC(C)C(=O)C1(O)O[C@@H](C)[C@@H](O)[C@@H](O)[C@@H]1O. The summed E-state index contributed by atoms with van der Waals surface area (Å²) in [6.45, 7) is 5.35. The topological polar surface area (TPSA) is 107 Å². The predicted molar refractivity (Wildman–Crippen MR) is 99.5 cm³/mol. The summed E-state index contributed by atoms with van der Waals surface area (Å²) in [5.74, 6) is -3.59. The molecule has 26 heavy (non-hydrogen) atoms. The van der Waals surface area contributed by atoms with Gasteiger partial charge in [0.2, 0.25) is 0 Å². The maximum absolute atomic E-state index is 12.6. The Morgan fingerprint density at radius 3 is 2.00 bits per heavy atom. The smallest absolute Gasteiger partial charge is 0.256 e. The molecule has 154 valence electrons. The second kappa shape index (κ2) is 11.3. The lowest BCUT2D eigenvalue weighted by molar-refractivity contribution is -0.325. The van der Waals surface area contributed by atoms with Gasteiger partial charge in [0.15, 0.2) is 5.78 Å². The molecule has 0 amide bonds. The van der Waals surface area contributed by atoms with Crippen molar-refractivity contribution in [1.82, 2.24) is 0 Å². The van der Waals surface area contributed by atoms with E-state index >= 15 is 0 Å². The quantitative estimate of drug-likeness (QED) is 0.391. The molecule has 0 aromatic carbocycles. The molecule has 0 aromatic heterocycles. The van der Waals surface area contributed by atoms with E-state index in [9.17, 15) is 25.2 Å². The molecule has 6 nitrogen and oxygen atoms in total. The largest absolute Gasteiger partial charge is 0.388 e. The minimum absolute atomic E-state index is 0.492. The summed E-state index contributed by atoms with van der Waals surface area (Å²) in [6.07, 6.45) is 5.50. The zero-order valence-electron chi connectivity index (χ0n) is 16.6. The van der Waals surface area contributed by atoms with Gasteiger partial charge in [0.1, 0.15) is 18.3 Å². The molecule has 0 radical (unpaired) electrons. The zero-order valence-corrected chi connectivity index (χ0v) is 16.6. The van der Waals surface area contributed by atoms with Crippen molar-refractivity contribution in [2.24, 2.45) is 5.92 Å². The Morgan fingerprint density at radius 2 is 1.46 bits per heavy atom. The highest BCUT2D eigenvalue weighted by atomic mass is 16.7. The van der Waals surface area contributed by atoms with Gasteiger partial charge in [0.25, 0.3) is 5.79 Å². The number of aliphatic hydroxyl groups excluding tert-OH is 3. The highest BCUT2D eigenvalue weighted by Gasteiger charge is 2.56. The van der Waals surface area contributed by atoms with Gasteiger partial charge in [0.05, 0.1) is 6.10 Å². The molecule has 1 rings (SSSR count). The summed E-state index contributed by atoms with van der Waals surface area (Å²) >= 11 is 0. The van der Waals surface area contributed by atoms with E-state index in [2.05, 4.69) is 6.92 Å². The standard InChI is InChI=1S/C20H38O6/c1-4-5-6-7-8-9-10-11-12-13-14(2)18(23)20(25)19(24)17(22)16(21)15(3)26-20/h14-17,19,21-22,24-25H,4-13H2,1-3H3/t14?,15-,16+,17+,19-,20?/m0/s1. The van der Waals surface area contributed by atoms with Gasteiger partial charge in [-0.2, -0.15) is 0 Å². The first kappa shape index (κ1) is 23.5. The molecule has 6 atom stereocenters. The van der Waals surface area contributed by atoms with E-state index in [0.717, 1.165) is 19.3 Å². The summed E-state index contributed by atoms with van der Waals surface area (Å²) in [5, 5.41) is 40.1. The number of Topliss-reactive ketones (excluding diaryl/α,β-unsaturated/α-hetero) is 1. The van der Waals surface area contributed by atoms with Crippen molar-refractivity contribution in [1.29, 1.82) is 0 Å². The molecule has 1 aliphatic rings. The van der Waals surface area contributed by atoms with E-state index in [1.165, 1.54) is 45.4 Å². The summed E-state index contributed by atoms with van der Waals surface area (Å²) < 4.78 is 5.19. The lowest BCUT2D eigenvalue weighted by Crippen LogP contribution is -2.67. The maximum atomic E-state index is 12.6.